The van der Waals surface area contributed by atoms with Gasteiger partial charge < -0.3 is 0 Å². The van der Waals surface area contributed by atoms with E-state index in [0.29, 0.717) is 23.8 Å². The summed E-state index contributed by atoms with van der Waals surface area (Å²) >= 11 is 7.15. The minimum absolute atomic E-state index is 0.0249. The average molecular weight is 325 g/mol. The molecular weight excluding hydrogens is 314 g/mol. The van der Waals surface area contributed by atoms with Gasteiger partial charge in [-0.05, 0) is 24.3 Å². The maximum atomic E-state index is 13.1. The van der Waals surface area contributed by atoms with Crippen LogP contribution in [0, 0.1) is 5.25 Å². The standard InChI is InChI=1S/C13H11ClF4NS/c1-7(15)12-3-2-9(20-12)5-11-10(14)4-8(6-19-11)13(16,17)18/h2,4,6-7H,3,5H2,1H3. The lowest BCUT2D eigenvalue weighted by Crippen LogP contribution is -2.07. The van der Waals surface area contributed by atoms with Gasteiger partial charge in [-0.2, -0.15) is 13.2 Å². The second-order valence-electron chi connectivity index (χ2n) is 4.39. The highest BCUT2D eigenvalue weighted by atomic mass is 35.5. The average Bonchev–Trinajstić information content (AvgIpc) is 2.79. The van der Waals surface area contributed by atoms with Crippen molar-refractivity contribution < 1.29 is 17.6 Å². The summed E-state index contributed by atoms with van der Waals surface area (Å²) in [5.74, 6) is 0. The van der Waals surface area contributed by atoms with Gasteiger partial charge in [0.05, 0.1) is 21.5 Å². The van der Waals surface area contributed by atoms with Crippen LogP contribution in [0.3, 0.4) is 0 Å². The van der Waals surface area contributed by atoms with Gasteiger partial charge in [0.2, 0.25) is 0 Å². The summed E-state index contributed by atoms with van der Waals surface area (Å²) in [6.07, 6.45) is -1.99. The number of hydrogen-bond donors (Lipinski definition) is 0. The summed E-state index contributed by atoms with van der Waals surface area (Å²) in [5.41, 5.74) is -0.505. The summed E-state index contributed by atoms with van der Waals surface area (Å²) < 4.78 is 50.6. The van der Waals surface area contributed by atoms with Crippen LogP contribution in [-0.4, -0.2) is 11.2 Å². The molecule has 20 heavy (non-hydrogen) atoms. The van der Waals surface area contributed by atoms with E-state index >= 15 is 0 Å². The van der Waals surface area contributed by atoms with Crippen molar-refractivity contribution in [3.05, 3.63) is 44.8 Å². The Morgan fingerprint density at radius 1 is 1.45 bits per heavy atom. The summed E-state index contributed by atoms with van der Waals surface area (Å²) in [4.78, 5) is 4.63. The SMILES string of the molecule is CC(F)[C]1CC=C(Cc2ncc(C(F)(F)F)cc2Cl)S1. The van der Waals surface area contributed by atoms with Crippen LogP contribution in [0.1, 0.15) is 24.6 Å². The lowest BCUT2D eigenvalue weighted by Gasteiger charge is -2.11. The van der Waals surface area contributed by atoms with Gasteiger partial charge in [0, 0.05) is 12.6 Å². The third kappa shape index (κ3) is 3.67. The van der Waals surface area contributed by atoms with Crippen LogP contribution >= 0.6 is 23.4 Å². The Hall–Kier alpha value is -0.750. The largest absolute Gasteiger partial charge is 0.417 e. The molecule has 0 spiro atoms. The number of aromatic nitrogens is 1. The molecule has 109 valence electrons. The second-order valence-corrected chi connectivity index (χ2v) is 6.05. The first kappa shape index (κ1) is 15.6. The van der Waals surface area contributed by atoms with Crippen LogP contribution in [0.25, 0.3) is 0 Å². The zero-order valence-corrected chi connectivity index (χ0v) is 12.0. The Bertz CT molecular complexity index is 528. The smallest absolute Gasteiger partial charge is 0.259 e. The zero-order valence-electron chi connectivity index (χ0n) is 10.5. The van der Waals surface area contributed by atoms with E-state index in [-0.39, 0.29) is 5.02 Å². The highest BCUT2D eigenvalue weighted by Crippen LogP contribution is 2.43. The van der Waals surface area contributed by atoms with Crippen molar-refractivity contribution in [1.29, 1.82) is 0 Å². The number of alkyl halides is 4. The van der Waals surface area contributed by atoms with Crippen molar-refractivity contribution >= 4 is 23.4 Å². The van der Waals surface area contributed by atoms with Crippen LogP contribution in [0.5, 0.6) is 0 Å². The Morgan fingerprint density at radius 2 is 2.15 bits per heavy atom. The van der Waals surface area contributed by atoms with E-state index in [1.54, 1.807) is 0 Å². The van der Waals surface area contributed by atoms with E-state index in [2.05, 4.69) is 4.98 Å². The van der Waals surface area contributed by atoms with Gasteiger partial charge in [-0.25, -0.2) is 4.39 Å². The summed E-state index contributed by atoms with van der Waals surface area (Å²) in [6.45, 7) is 1.46. The molecule has 7 heteroatoms. The van der Waals surface area contributed by atoms with E-state index in [9.17, 15) is 17.6 Å². The first-order chi connectivity index (χ1) is 9.27. The van der Waals surface area contributed by atoms with Gasteiger partial charge in [-0.15, -0.1) is 11.8 Å². The molecule has 1 aliphatic rings. The highest BCUT2D eigenvalue weighted by molar-refractivity contribution is 8.06. The first-order valence-electron chi connectivity index (χ1n) is 5.85. The van der Waals surface area contributed by atoms with Crippen molar-refractivity contribution in [3.63, 3.8) is 0 Å². The van der Waals surface area contributed by atoms with Gasteiger partial charge in [-0.3, -0.25) is 4.98 Å². The van der Waals surface area contributed by atoms with Crippen molar-refractivity contribution in [3.8, 4) is 0 Å². The lowest BCUT2D eigenvalue weighted by atomic mass is 10.2. The number of halogens is 5. The number of nitrogens with zero attached hydrogens (tertiary/aromatic N) is 1. The number of pyridine rings is 1. The molecule has 2 rings (SSSR count). The Kier molecular flexibility index (Phi) is 4.64. The van der Waals surface area contributed by atoms with E-state index in [1.807, 2.05) is 6.08 Å². The van der Waals surface area contributed by atoms with E-state index in [0.717, 1.165) is 17.2 Å². The third-order valence-corrected chi connectivity index (χ3v) is 4.48. The summed E-state index contributed by atoms with van der Waals surface area (Å²) in [5, 5.41) is 0.672. The van der Waals surface area contributed by atoms with Crippen LogP contribution in [0.15, 0.2) is 23.2 Å². The summed E-state index contributed by atoms with van der Waals surface area (Å²) in [6, 6.07) is 0.868. The van der Waals surface area contributed by atoms with Crippen molar-refractivity contribution in [1.82, 2.24) is 4.98 Å². The number of thioether (sulfide) groups is 1. The molecule has 0 aromatic carbocycles. The maximum Gasteiger partial charge on any atom is 0.417 e. The van der Waals surface area contributed by atoms with Gasteiger partial charge in [-0.1, -0.05) is 17.7 Å². The monoisotopic (exact) mass is 324 g/mol. The fourth-order valence-electron chi connectivity index (χ4n) is 1.73. The Balaban J connectivity index is 2.08. The lowest BCUT2D eigenvalue weighted by molar-refractivity contribution is -0.137. The fourth-order valence-corrected chi connectivity index (χ4v) is 3.01. The van der Waals surface area contributed by atoms with Crippen molar-refractivity contribution in [2.75, 3.05) is 0 Å². The molecule has 1 unspecified atom stereocenters. The van der Waals surface area contributed by atoms with Crippen LogP contribution < -0.4 is 0 Å². The zero-order chi connectivity index (χ0) is 14.9. The summed E-state index contributed by atoms with van der Waals surface area (Å²) in [7, 11) is 0. The minimum Gasteiger partial charge on any atom is -0.259 e. The molecule has 1 aromatic heterocycles. The van der Waals surface area contributed by atoms with Crippen molar-refractivity contribution in [2.45, 2.75) is 32.1 Å². The second kappa shape index (κ2) is 5.93. The molecule has 0 aliphatic carbocycles. The maximum absolute atomic E-state index is 13.1. The van der Waals surface area contributed by atoms with Crippen LogP contribution in [0.4, 0.5) is 17.6 Å². The normalized spacial score (nSPS) is 18.2. The van der Waals surface area contributed by atoms with E-state index in [1.165, 1.54) is 18.7 Å². The van der Waals surface area contributed by atoms with Gasteiger partial charge in [0.1, 0.15) is 6.17 Å². The molecule has 1 aliphatic heterocycles. The quantitative estimate of drug-likeness (QED) is 0.708. The topological polar surface area (TPSA) is 12.9 Å². The van der Waals surface area contributed by atoms with Gasteiger partial charge >= 0.3 is 6.18 Å². The molecule has 1 atom stereocenters. The number of hydrogen-bond acceptors (Lipinski definition) is 2. The minimum atomic E-state index is -4.46. The first-order valence-corrected chi connectivity index (χ1v) is 7.05. The van der Waals surface area contributed by atoms with E-state index in [4.69, 9.17) is 11.6 Å². The molecule has 0 saturated heterocycles. The molecule has 0 saturated carbocycles. The Morgan fingerprint density at radius 3 is 2.65 bits per heavy atom. The number of rotatable bonds is 3. The van der Waals surface area contributed by atoms with E-state index < -0.39 is 17.9 Å². The van der Waals surface area contributed by atoms with Crippen molar-refractivity contribution in [2.24, 2.45) is 0 Å². The molecule has 0 bridgehead atoms. The highest BCUT2D eigenvalue weighted by Gasteiger charge is 2.32. The predicted octanol–water partition coefficient (Wildman–Crippen LogP) is 5.21. The van der Waals surface area contributed by atoms with Gasteiger partial charge in [0.15, 0.2) is 0 Å². The molecule has 1 aromatic rings. The van der Waals surface area contributed by atoms with Crippen LogP contribution in [-0.2, 0) is 12.6 Å². The van der Waals surface area contributed by atoms with Gasteiger partial charge in [0.25, 0.3) is 0 Å². The molecule has 1 radical (unpaired) electrons. The fraction of sp³-hybridized carbons (Fsp3) is 0.385. The third-order valence-electron chi connectivity index (χ3n) is 2.82. The molecule has 0 fully saturated rings. The molecule has 0 N–H and O–H groups in total. The molecule has 1 nitrogen and oxygen atoms in total. The Labute approximate surface area is 123 Å². The number of allylic oxidation sites excluding steroid dienone is 2. The molecular formula is C13H11ClF4NS. The molecule has 2 heterocycles. The predicted molar refractivity (Wildman–Crippen MR) is 72.1 cm³/mol. The van der Waals surface area contributed by atoms with Crippen LogP contribution in [0.2, 0.25) is 5.02 Å². The molecule has 0 amide bonds.